The summed E-state index contributed by atoms with van der Waals surface area (Å²) in [5.74, 6) is 8.27. The number of piperidine rings is 1. The second-order valence-corrected chi connectivity index (χ2v) is 6.22. The van der Waals surface area contributed by atoms with Crippen LogP contribution in [0.25, 0.3) is 0 Å². The fraction of sp³-hybridized carbons (Fsp3) is 0.733. The Balaban J connectivity index is 1.72. The van der Waals surface area contributed by atoms with Crippen molar-refractivity contribution in [1.29, 1.82) is 0 Å². The highest BCUT2D eigenvalue weighted by Crippen LogP contribution is 2.39. The fourth-order valence-corrected chi connectivity index (χ4v) is 2.85. The summed E-state index contributed by atoms with van der Waals surface area (Å²) in [5, 5.41) is 0. The van der Waals surface area contributed by atoms with Gasteiger partial charge in [-0.3, -0.25) is 0 Å². The first-order valence-corrected chi connectivity index (χ1v) is 7.87. The maximum Gasteiger partial charge on any atom is 0.221 e. The Morgan fingerprint density at radius 3 is 2.76 bits per heavy atom. The van der Waals surface area contributed by atoms with Crippen LogP contribution in [0.3, 0.4) is 0 Å². The molecule has 0 radical (unpaired) electrons. The molecule has 1 atom stereocenters. The number of hydrazine groups is 1. The molecule has 6 nitrogen and oxygen atoms in total. The third-order valence-electron chi connectivity index (χ3n) is 4.53. The quantitative estimate of drug-likeness (QED) is 0.636. The van der Waals surface area contributed by atoms with E-state index in [0.717, 1.165) is 30.8 Å². The molecule has 1 aliphatic heterocycles. The van der Waals surface area contributed by atoms with Crippen LogP contribution in [0.1, 0.15) is 49.4 Å². The van der Waals surface area contributed by atoms with E-state index in [2.05, 4.69) is 27.3 Å². The molecule has 3 N–H and O–H groups in total. The zero-order chi connectivity index (χ0) is 14.8. The van der Waals surface area contributed by atoms with Gasteiger partial charge in [0.1, 0.15) is 18.2 Å². The molecular formula is C15H25N5O. The van der Waals surface area contributed by atoms with Crippen LogP contribution >= 0.6 is 0 Å². The predicted molar refractivity (Wildman–Crippen MR) is 82.3 cm³/mol. The van der Waals surface area contributed by atoms with Gasteiger partial charge in [-0.2, -0.15) is 4.98 Å². The van der Waals surface area contributed by atoms with Crippen molar-refractivity contribution < 1.29 is 4.74 Å². The topological polar surface area (TPSA) is 76.3 Å². The number of likely N-dealkylation sites (N-methyl/N-ethyl adjacent to an activating group) is 1. The van der Waals surface area contributed by atoms with E-state index in [0.29, 0.717) is 30.3 Å². The van der Waals surface area contributed by atoms with Gasteiger partial charge in [0.2, 0.25) is 5.88 Å². The average molecular weight is 291 g/mol. The molecule has 116 valence electrons. The van der Waals surface area contributed by atoms with E-state index < -0.39 is 0 Å². The number of nitrogens with two attached hydrogens (primary N) is 1. The minimum absolute atomic E-state index is 0.478. The fourth-order valence-electron chi connectivity index (χ4n) is 2.85. The molecule has 3 rings (SSSR count). The summed E-state index contributed by atoms with van der Waals surface area (Å²) in [6.45, 7) is 3.79. The van der Waals surface area contributed by atoms with Crippen LogP contribution in [0.5, 0.6) is 5.88 Å². The molecule has 0 spiro atoms. The Bertz CT molecular complexity index is 503. The smallest absolute Gasteiger partial charge is 0.221 e. The maximum absolute atomic E-state index is 6.02. The van der Waals surface area contributed by atoms with Crippen LogP contribution in [-0.2, 0) is 0 Å². The molecule has 2 fully saturated rings. The molecule has 21 heavy (non-hydrogen) atoms. The number of anilines is 1. The summed E-state index contributed by atoms with van der Waals surface area (Å²) in [5.41, 5.74) is 3.55. The van der Waals surface area contributed by atoms with Crippen molar-refractivity contribution in [2.45, 2.75) is 51.0 Å². The highest BCUT2D eigenvalue weighted by Gasteiger charge is 2.29. The third kappa shape index (κ3) is 3.27. The Morgan fingerprint density at radius 1 is 1.29 bits per heavy atom. The number of ether oxygens (including phenoxy) is 1. The normalized spacial score (nSPS) is 23.1. The summed E-state index contributed by atoms with van der Waals surface area (Å²) in [6, 6.07) is 0.478. The van der Waals surface area contributed by atoms with Crippen molar-refractivity contribution in [3.63, 3.8) is 0 Å². The summed E-state index contributed by atoms with van der Waals surface area (Å²) in [4.78, 5) is 11.5. The summed E-state index contributed by atoms with van der Waals surface area (Å²) in [7, 11) is 2.17. The lowest BCUT2D eigenvalue weighted by molar-refractivity contribution is 0.122. The highest BCUT2D eigenvalue weighted by atomic mass is 16.5. The number of hydrogen-bond acceptors (Lipinski definition) is 6. The molecule has 1 saturated heterocycles. The van der Waals surface area contributed by atoms with Gasteiger partial charge >= 0.3 is 0 Å². The monoisotopic (exact) mass is 291 g/mol. The van der Waals surface area contributed by atoms with E-state index >= 15 is 0 Å². The van der Waals surface area contributed by atoms with Crippen LogP contribution in [0.4, 0.5) is 5.82 Å². The molecule has 1 aliphatic carbocycles. The van der Waals surface area contributed by atoms with Crippen molar-refractivity contribution in [2.24, 2.45) is 5.84 Å². The number of likely N-dealkylation sites (tertiary alicyclic amines) is 1. The second-order valence-electron chi connectivity index (χ2n) is 6.22. The second kappa shape index (κ2) is 6.15. The van der Waals surface area contributed by atoms with Gasteiger partial charge in [-0.05, 0) is 46.2 Å². The molecule has 2 aliphatic rings. The van der Waals surface area contributed by atoms with Gasteiger partial charge in [0.25, 0.3) is 0 Å². The molecular weight excluding hydrogens is 266 g/mol. The van der Waals surface area contributed by atoms with Crippen molar-refractivity contribution in [1.82, 2.24) is 14.9 Å². The predicted octanol–water partition coefficient (Wildman–Crippen LogP) is 1.81. The SMILES string of the molecule is Cc1c(NN)nc(C2CC2)nc1OCC1CCCCN1C. The first-order chi connectivity index (χ1) is 10.2. The third-order valence-corrected chi connectivity index (χ3v) is 4.53. The van der Waals surface area contributed by atoms with Gasteiger partial charge in [-0.15, -0.1) is 0 Å². The number of nitrogen functional groups attached to an aromatic ring is 1. The lowest BCUT2D eigenvalue weighted by Crippen LogP contribution is -2.40. The summed E-state index contributed by atoms with van der Waals surface area (Å²) in [6.07, 6.45) is 6.09. The first kappa shape index (κ1) is 14.5. The summed E-state index contributed by atoms with van der Waals surface area (Å²) >= 11 is 0. The Labute approximate surface area is 126 Å². The van der Waals surface area contributed by atoms with E-state index in [-0.39, 0.29) is 0 Å². The standard InChI is InChI=1S/C15H25N5O/c1-10-13(19-16)17-14(11-6-7-11)18-15(10)21-9-12-5-3-4-8-20(12)2/h11-12H,3-9,16H2,1-2H3,(H,17,18,19). The van der Waals surface area contributed by atoms with Crippen molar-refractivity contribution in [3.8, 4) is 5.88 Å². The lowest BCUT2D eigenvalue weighted by atomic mass is 10.0. The van der Waals surface area contributed by atoms with Gasteiger partial charge in [0, 0.05) is 12.0 Å². The van der Waals surface area contributed by atoms with E-state index in [1.165, 1.54) is 19.3 Å². The highest BCUT2D eigenvalue weighted by molar-refractivity contribution is 5.48. The number of aromatic nitrogens is 2. The Hall–Kier alpha value is -1.40. The minimum atomic E-state index is 0.478. The largest absolute Gasteiger partial charge is 0.476 e. The van der Waals surface area contributed by atoms with Gasteiger partial charge in [-0.1, -0.05) is 6.42 Å². The lowest BCUT2D eigenvalue weighted by Gasteiger charge is -2.32. The van der Waals surface area contributed by atoms with E-state index in [9.17, 15) is 0 Å². The molecule has 1 unspecified atom stereocenters. The number of nitrogens with zero attached hydrogens (tertiary/aromatic N) is 3. The zero-order valence-electron chi connectivity index (χ0n) is 12.9. The number of hydrogen-bond donors (Lipinski definition) is 2. The van der Waals surface area contributed by atoms with E-state index in [4.69, 9.17) is 10.6 Å². The van der Waals surface area contributed by atoms with Crippen LogP contribution in [0.2, 0.25) is 0 Å². The van der Waals surface area contributed by atoms with Gasteiger partial charge in [0.15, 0.2) is 0 Å². The summed E-state index contributed by atoms with van der Waals surface area (Å²) < 4.78 is 6.02. The van der Waals surface area contributed by atoms with Gasteiger partial charge < -0.3 is 15.1 Å². The van der Waals surface area contributed by atoms with Gasteiger partial charge in [0.05, 0.1) is 5.56 Å². The molecule has 1 saturated carbocycles. The molecule has 2 heterocycles. The van der Waals surface area contributed by atoms with Crippen LogP contribution in [0.15, 0.2) is 0 Å². The minimum Gasteiger partial charge on any atom is -0.476 e. The first-order valence-electron chi connectivity index (χ1n) is 7.87. The van der Waals surface area contributed by atoms with Crippen LogP contribution < -0.4 is 16.0 Å². The average Bonchev–Trinajstić information content (AvgIpc) is 3.32. The van der Waals surface area contributed by atoms with Crippen molar-refractivity contribution in [3.05, 3.63) is 11.4 Å². The van der Waals surface area contributed by atoms with Crippen LogP contribution in [-0.4, -0.2) is 41.1 Å². The molecule has 1 aromatic rings. The van der Waals surface area contributed by atoms with Gasteiger partial charge in [-0.25, -0.2) is 10.8 Å². The molecule has 0 aromatic carbocycles. The molecule has 0 amide bonds. The Morgan fingerprint density at radius 2 is 2.10 bits per heavy atom. The van der Waals surface area contributed by atoms with E-state index in [1.807, 2.05) is 6.92 Å². The van der Waals surface area contributed by atoms with Crippen LogP contribution in [0, 0.1) is 6.92 Å². The number of rotatable bonds is 5. The number of nitrogens with one attached hydrogen (secondary N) is 1. The van der Waals surface area contributed by atoms with Crippen molar-refractivity contribution >= 4 is 5.82 Å². The Kier molecular flexibility index (Phi) is 4.26. The molecule has 0 bridgehead atoms. The molecule has 6 heteroatoms. The van der Waals surface area contributed by atoms with E-state index in [1.54, 1.807) is 0 Å². The zero-order valence-corrected chi connectivity index (χ0v) is 12.9. The maximum atomic E-state index is 6.02. The molecule has 1 aromatic heterocycles. The van der Waals surface area contributed by atoms with Crippen molar-refractivity contribution in [2.75, 3.05) is 25.6 Å².